The third-order valence-electron chi connectivity index (χ3n) is 5.93. The number of piperidine rings is 1. The maximum absolute atomic E-state index is 13.7. The molecule has 1 atom stereocenters. The van der Waals surface area contributed by atoms with Crippen LogP contribution in [-0.2, 0) is 11.3 Å². The molecule has 4 nitrogen and oxygen atoms in total. The normalized spacial score (nSPS) is 24.8. The van der Waals surface area contributed by atoms with Crippen LogP contribution in [0.15, 0.2) is 24.3 Å². The summed E-state index contributed by atoms with van der Waals surface area (Å²) in [5.74, 6) is 0.294. The predicted octanol–water partition coefficient (Wildman–Crippen LogP) is 3.24. The van der Waals surface area contributed by atoms with Crippen LogP contribution in [0, 0.1) is 11.7 Å². The number of nitrogens with zero attached hydrogens (tertiary/aromatic N) is 1. The van der Waals surface area contributed by atoms with Crippen LogP contribution < -0.4 is 5.32 Å². The van der Waals surface area contributed by atoms with Crippen molar-refractivity contribution in [1.82, 2.24) is 10.2 Å². The molecule has 0 unspecified atom stereocenters. The minimum absolute atomic E-state index is 0.166. The van der Waals surface area contributed by atoms with Gasteiger partial charge in [0.15, 0.2) is 5.60 Å². The summed E-state index contributed by atoms with van der Waals surface area (Å²) in [4.78, 5) is 14.6. The maximum atomic E-state index is 13.7. The summed E-state index contributed by atoms with van der Waals surface area (Å²) in [6, 6.07) is 6.57. The van der Waals surface area contributed by atoms with Gasteiger partial charge in [-0.3, -0.25) is 4.79 Å². The van der Waals surface area contributed by atoms with E-state index < -0.39 is 5.60 Å². The summed E-state index contributed by atoms with van der Waals surface area (Å²) in [5, 5.41) is 13.9. The van der Waals surface area contributed by atoms with Crippen molar-refractivity contribution in [3.8, 4) is 0 Å². The van der Waals surface area contributed by atoms with Gasteiger partial charge in [-0.05, 0) is 31.2 Å². The van der Waals surface area contributed by atoms with Gasteiger partial charge in [-0.1, -0.05) is 50.3 Å². The largest absolute Gasteiger partial charge is 0.379 e. The molecule has 0 aromatic heterocycles. The zero-order valence-electron chi connectivity index (χ0n) is 15.6. The number of hydrogen-bond acceptors (Lipinski definition) is 3. The molecule has 1 amide bonds. The van der Waals surface area contributed by atoms with Crippen LogP contribution in [0.4, 0.5) is 4.39 Å². The second kappa shape index (κ2) is 8.96. The lowest BCUT2D eigenvalue weighted by atomic mass is 9.86. The first kappa shape index (κ1) is 19.3. The highest BCUT2D eigenvalue weighted by atomic mass is 19.1. The first-order valence-corrected chi connectivity index (χ1v) is 10.0. The Kier molecular flexibility index (Phi) is 6.65. The Labute approximate surface area is 155 Å². The molecule has 0 bridgehead atoms. The Morgan fingerprint density at radius 1 is 1.19 bits per heavy atom. The average molecular weight is 362 g/mol. The van der Waals surface area contributed by atoms with E-state index in [2.05, 4.69) is 5.32 Å². The molecule has 0 radical (unpaired) electrons. The monoisotopic (exact) mass is 362 g/mol. The number of nitrogens with one attached hydrogen (secondary N) is 1. The Morgan fingerprint density at radius 2 is 1.96 bits per heavy atom. The lowest BCUT2D eigenvalue weighted by molar-refractivity contribution is -0.156. The fraction of sp³-hybridized carbons (Fsp3) is 0.667. The molecule has 5 heteroatoms. The summed E-state index contributed by atoms with van der Waals surface area (Å²) < 4.78 is 13.7. The summed E-state index contributed by atoms with van der Waals surface area (Å²) in [6.45, 7) is 1.96. The van der Waals surface area contributed by atoms with Gasteiger partial charge in [0.2, 0.25) is 0 Å². The smallest absolute Gasteiger partial charge is 0.255 e. The average Bonchev–Trinajstić information content (AvgIpc) is 2.66. The molecular weight excluding hydrogens is 331 g/mol. The molecule has 1 heterocycles. The molecule has 2 fully saturated rings. The number of halogens is 1. The van der Waals surface area contributed by atoms with Crippen molar-refractivity contribution < 1.29 is 14.3 Å². The van der Waals surface area contributed by atoms with E-state index in [0.29, 0.717) is 18.5 Å². The van der Waals surface area contributed by atoms with Gasteiger partial charge in [0.05, 0.1) is 0 Å². The van der Waals surface area contributed by atoms with Crippen molar-refractivity contribution in [3.05, 3.63) is 35.6 Å². The highest BCUT2D eigenvalue weighted by Crippen LogP contribution is 2.28. The number of amides is 1. The first-order valence-electron chi connectivity index (χ1n) is 10.0. The minimum atomic E-state index is -1.37. The van der Waals surface area contributed by atoms with Crippen LogP contribution in [0.5, 0.6) is 0 Å². The summed E-state index contributed by atoms with van der Waals surface area (Å²) in [6.07, 6.45) is 8.83. The second-order valence-corrected chi connectivity index (χ2v) is 7.92. The SMILES string of the molecule is O=C1N(CCC2CCCCC2)CCC[C@]1(O)CNCc1ccccc1F. The van der Waals surface area contributed by atoms with Gasteiger partial charge in [0.1, 0.15) is 5.82 Å². The van der Waals surface area contributed by atoms with Crippen LogP contribution in [0.1, 0.15) is 56.9 Å². The lowest BCUT2D eigenvalue weighted by Gasteiger charge is -2.39. The van der Waals surface area contributed by atoms with Crippen molar-refractivity contribution in [1.29, 1.82) is 0 Å². The van der Waals surface area contributed by atoms with Crippen LogP contribution in [0.3, 0.4) is 0 Å². The number of carbonyl (C=O) groups is 1. The van der Waals surface area contributed by atoms with Crippen LogP contribution in [0.25, 0.3) is 0 Å². The van der Waals surface area contributed by atoms with Crippen molar-refractivity contribution in [2.75, 3.05) is 19.6 Å². The molecule has 2 N–H and O–H groups in total. The van der Waals surface area contributed by atoms with E-state index in [9.17, 15) is 14.3 Å². The van der Waals surface area contributed by atoms with Gasteiger partial charge < -0.3 is 15.3 Å². The Bertz CT molecular complexity index is 603. The molecule has 1 saturated heterocycles. The zero-order chi connectivity index (χ0) is 18.4. The fourth-order valence-corrected chi connectivity index (χ4v) is 4.30. The number of benzene rings is 1. The molecule has 1 aromatic rings. The van der Waals surface area contributed by atoms with Gasteiger partial charge in [-0.2, -0.15) is 0 Å². The lowest BCUT2D eigenvalue weighted by Crippen LogP contribution is -2.58. The van der Waals surface area contributed by atoms with E-state index in [1.165, 1.54) is 38.2 Å². The molecule has 0 spiro atoms. The van der Waals surface area contributed by atoms with Crippen molar-refractivity contribution in [2.24, 2.45) is 5.92 Å². The highest BCUT2D eigenvalue weighted by Gasteiger charge is 2.41. The Hall–Kier alpha value is -1.46. The third kappa shape index (κ3) is 4.83. The number of rotatable bonds is 7. The molecule has 3 rings (SSSR count). The topological polar surface area (TPSA) is 52.6 Å². The quantitative estimate of drug-likeness (QED) is 0.783. The van der Waals surface area contributed by atoms with E-state index in [4.69, 9.17) is 0 Å². The van der Waals surface area contributed by atoms with Crippen molar-refractivity contribution in [3.63, 3.8) is 0 Å². The van der Waals surface area contributed by atoms with E-state index in [1.54, 1.807) is 18.2 Å². The van der Waals surface area contributed by atoms with E-state index >= 15 is 0 Å². The molecule has 144 valence electrons. The number of hydrogen-bond donors (Lipinski definition) is 2. The highest BCUT2D eigenvalue weighted by molar-refractivity contribution is 5.86. The molecule has 2 aliphatic rings. The molecule has 1 aliphatic heterocycles. The molecular formula is C21H31FN2O2. The summed E-state index contributed by atoms with van der Waals surface area (Å²) in [5.41, 5.74) is -0.815. The zero-order valence-corrected chi connectivity index (χ0v) is 15.6. The second-order valence-electron chi connectivity index (χ2n) is 7.92. The standard InChI is InChI=1S/C21H31FN2O2/c22-19-10-5-4-9-18(19)15-23-16-21(26)12-6-13-24(20(21)25)14-11-17-7-2-1-3-8-17/h4-5,9-10,17,23,26H,1-3,6-8,11-16H2/t21-/m0/s1. The molecule has 26 heavy (non-hydrogen) atoms. The van der Waals surface area contributed by atoms with Gasteiger partial charge in [-0.15, -0.1) is 0 Å². The van der Waals surface area contributed by atoms with Gasteiger partial charge >= 0.3 is 0 Å². The fourth-order valence-electron chi connectivity index (χ4n) is 4.30. The van der Waals surface area contributed by atoms with Gasteiger partial charge in [0, 0.05) is 31.7 Å². The van der Waals surface area contributed by atoms with Crippen molar-refractivity contribution in [2.45, 2.75) is 63.5 Å². The molecule has 1 saturated carbocycles. The minimum Gasteiger partial charge on any atom is -0.379 e. The Balaban J connectivity index is 1.49. The van der Waals surface area contributed by atoms with Gasteiger partial charge in [-0.25, -0.2) is 4.39 Å². The van der Waals surface area contributed by atoms with E-state index in [1.807, 2.05) is 4.90 Å². The van der Waals surface area contributed by atoms with Crippen LogP contribution >= 0.6 is 0 Å². The van der Waals surface area contributed by atoms with Crippen LogP contribution in [0.2, 0.25) is 0 Å². The molecule has 1 aliphatic carbocycles. The Morgan fingerprint density at radius 3 is 2.73 bits per heavy atom. The molecule has 1 aromatic carbocycles. The maximum Gasteiger partial charge on any atom is 0.255 e. The first-order chi connectivity index (χ1) is 12.6. The van der Waals surface area contributed by atoms with Crippen molar-refractivity contribution >= 4 is 5.91 Å². The van der Waals surface area contributed by atoms with Gasteiger partial charge in [0.25, 0.3) is 5.91 Å². The van der Waals surface area contributed by atoms with Crippen LogP contribution in [-0.4, -0.2) is 41.1 Å². The van der Waals surface area contributed by atoms with E-state index in [-0.39, 0.29) is 18.3 Å². The summed E-state index contributed by atoms with van der Waals surface area (Å²) in [7, 11) is 0. The number of carbonyl (C=O) groups excluding carboxylic acids is 1. The third-order valence-corrected chi connectivity index (χ3v) is 5.93. The summed E-state index contributed by atoms with van der Waals surface area (Å²) >= 11 is 0. The predicted molar refractivity (Wildman–Crippen MR) is 100 cm³/mol. The number of likely N-dealkylation sites (tertiary alicyclic amines) is 1. The number of aliphatic hydroxyl groups is 1. The van der Waals surface area contributed by atoms with E-state index in [0.717, 1.165) is 31.8 Å².